The lowest BCUT2D eigenvalue weighted by Gasteiger charge is -2.42. The van der Waals surface area contributed by atoms with Gasteiger partial charge in [0.2, 0.25) is 0 Å². The molecule has 9 aromatic carbocycles. The van der Waals surface area contributed by atoms with E-state index in [0.717, 1.165) is 0 Å². The lowest BCUT2D eigenvalue weighted by Crippen LogP contribution is -2.36. The van der Waals surface area contributed by atoms with Gasteiger partial charge in [0.25, 0.3) is 0 Å². The maximum atomic E-state index is 2.60. The molecular formula is C61H48. The van der Waals surface area contributed by atoms with Crippen molar-refractivity contribution < 1.29 is 0 Å². The topological polar surface area (TPSA) is 0 Å². The summed E-state index contributed by atoms with van der Waals surface area (Å²) in [6, 6.07) is 66.5. The van der Waals surface area contributed by atoms with Gasteiger partial charge in [-0.15, -0.1) is 0 Å². The number of allylic oxidation sites excluding steroid dienone is 4. The van der Waals surface area contributed by atoms with Gasteiger partial charge in [-0.25, -0.2) is 0 Å². The second-order valence-electron chi connectivity index (χ2n) is 19.1. The Morgan fingerprint density at radius 3 is 1.84 bits per heavy atom. The van der Waals surface area contributed by atoms with Gasteiger partial charge < -0.3 is 0 Å². The lowest BCUT2D eigenvalue weighted by molar-refractivity contribution is 0.246. The monoisotopic (exact) mass is 780 g/mol. The molecule has 0 heterocycles. The maximum Gasteiger partial charge on any atom is 0.0159 e. The van der Waals surface area contributed by atoms with Crippen LogP contribution in [0.1, 0.15) is 68.4 Å². The first-order valence-corrected chi connectivity index (χ1v) is 22.0. The number of rotatable bonds is 4. The zero-order valence-corrected chi connectivity index (χ0v) is 35.6. The highest BCUT2D eigenvalue weighted by atomic mass is 14.6. The van der Waals surface area contributed by atoms with Crippen LogP contribution in [0.2, 0.25) is 0 Å². The molecular weight excluding hydrogens is 733 g/mol. The normalized spacial score (nSPS) is 19.1. The molecule has 0 bridgehead atoms. The molecule has 0 N–H and O–H groups in total. The second-order valence-corrected chi connectivity index (χ2v) is 19.1. The molecule has 12 rings (SSSR count). The van der Waals surface area contributed by atoms with E-state index in [4.69, 9.17) is 0 Å². The van der Waals surface area contributed by atoms with E-state index in [1.165, 1.54) is 110 Å². The fourth-order valence-corrected chi connectivity index (χ4v) is 11.7. The van der Waals surface area contributed by atoms with Crippen molar-refractivity contribution in [1.82, 2.24) is 0 Å². The number of fused-ring (bicyclic) bond motifs is 9. The van der Waals surface area contributed by atoms with Crippen molar-refractivity contribution in [2.45, 2.75) is 51.4 Å². The van der Waals surface area contributed by atoms with Gasteiger partial charge in [-0.3, -0.25) is 0 Å². The van der Waals surface area contributed by atoms with Crippen molar-refractivity contribution in [3.63, 3.8) is 0 Å². The molecule has 0 heteroatoms. The van der Waals surface area contributed by atoms with Crippen LogP contribution < -0.4 is 0 Å². The van der Waals surface area contributed by atoms with Gasteiger partial charge in [0, 0.05) is 16.7 Å². The van der Waals surface area contributed by atoms with Crippen LogP contribution >= 0.6 is 0 Å². The van der Waals surface area contributed by atoms with Crippen LogP contribution in [0.25, 0.3) is 82.4 Å². The first-order valence-electron chi connectivity index (χ1n) is 22.0. The zero-order valence-electron chi connectivity index (χ0n) is 35.6. The van der Waals surface area contributed by atoms with E-state index >= 15 is 0 Å². The Hall–Kier alpha value is -6.76. The van der Waals surface area contributed by atoms with Gasteiger partial charge >= 0.3 is 0 Å². The van der Waals surface area contributed by atoms with E-state index in [1.54, 1.807) is 0 Å². The highest BCUT2D eigenvalue weighted by molar-refractivity contribution is 6.22. The van der Waals surface area contributed by atoms with Crippen LogP contribution in [0.3, 0.4) is 0 Å². The van der Waals surface area contributed by atoms with E-state index in [1.807, 2.05) is 0 Å². The molecule has 61 heavy (non-hydrogen) atoms. The SMILES string of the molecule is CC1(C)c2ccccc2-c2ccc(-c3c4ccccc4c(-c4cccc(-c5ccc6ccccc6c5)c4)c4ccc(C5=CC6(C)C(C=C5)c5ccccc5C6(C)C)cc34)cc21. The van der Waals surface area contributed by atoms with Gasteiger partial charge in [-0.2, -0.15) is 0 Å². The molecule has 0 radical (unpaired) electrons. The summed E-state index contributed by atoms with van der Waals surface area (Å²) >= 11 is 0. The van der Waals surface area contributed by atoms with Crippen molar-refractivity contribution in [3.8, 4) is 44.5 Å². The van der Waals surface area contributed by atoms with Gasteiger partial charge in [0.15, 0.2) is 0 Å². The third kappa shape index (κ3) is 5.12. The van der Waals surface area contributed by atoms with Crippen molar-refractivity contribution in [3.05, 3.63) is 222 Å². The smallest absolute Gasteiger partial charge is 0.0159 e. The molecule has 0 amide bonds. The number of hydrogen-bond acceptors (Lipinski definition) is 0. The molecule has 292 valence electrons. The summed E-state index contributed by atoms with van der Waals surface area (Å²) in [5.74, 6) is 0.350. The Bertz CT molecular complexity index is 3380. The average molecular weight is 781 g/mol. The van der Waals surface area contributed by atoms with E-state index in [2.05, 4.69) is 229 Å². The average Bonchev–Trinajstić information content (AvgIpc) is 3.63. The summed E-state index contributed by atoms with van der Waals surface area (Å²) in [6.45, 7) is 12.1. The van der Waals surface area contributed by atoms with Crippen molar-refractivity contribution >= 4 is 37.9 Å². The van der Waals surface area contributed by atoms with Crippen molar-refractivity contribution in [1.29, 1.82) is 0 Å². The Morgan fingerprint density at radius 2 is 1.00 bits per heavy atom. The van der Waals surface area contributed by atoms with Crippen LogP contribution in [0.15, 0.2) is 194 Å². The molecule has 0 spiro atoms. The quantitative estimate of drug-likeness (QED) is 0.156. The first kappa shape index (κ1) is 36.1. The summed E-state index contributed by atoms with van der Waals surface area (Å²) in [4.78, 5) is 0. The van der Waals surface area contributed by atoms with Gasteiger partial charge in [0.1, 0.15) is 0 Å². The first-order chi connectivity index (χ1) is 29.6. The van der Waals surface area contributed by atoms with Crippen LogP contribution in [-0.2, 0) is 10.8 Å². The van der Waals surface area contributed by atoms with Crippen molar-refractivity contribution in [2.75, 3.05) is 0 Å². The number of hydrogen-bond donors (Lipinski definition) is 0. The Morgan fingerprint density at radius 1 is 0.393 bits per heavy atom. The molecule has 0 saturated carbocycles. The minimum Gasteiger partial charge on any atom is -0.0755 e. The predicted octanol–water partition coefficient (Wildman–Crippen LogP) is 16.5. The predicted molar refractivity (Wildman–Crippen MR) is 260 cm³/mol. The summed E-state index contributed by atoms with van der Waals surface area (Å²) in [5, 5.41) is 7.63. The van der Waals surface area contributed by atoms with Gasteiger partial charge in [-0.1, -0.05) is 205 Å². The summed E-state index contributed by atoms with van der Waals surface area (Å²) in [5.41, 5.74) is 18.4. The summed E-state index contributed by atoms with van der Waals surface area (Å²) in [7, 11) is 0. The third-order valence-corrected chi connectivity index (χ3v) is 15.3. The molecule has 3 aliphatic carbocycles. The highest BCUT2D eigenvalue weighted by Crippen LogP contribution is 2.62. The molecule has 0 nitrogen and oxygen atoms in total. The standard InChI is InChI=1S/C61H48/c1-59(2)53-23-12-10-19-46(53)47-30-28-44(36-56(47)59)58-49-21-9-8-20-48(49)57(43-18-14-17-40(34-43)41-26-25-38-15-6-7-16-39(38)33-41)50-31-27-42(35-52(50)58)45-29-32-55-51-22-11-13-24-54(51)60(3,4)61(55,5)37-45/h6-37,55H,1-5H3. The van der Waals surface area contributed by atoms with Crippen molar-refractivity contribution in [2.24, 2.45) is 5.41 Å². The number of benzene rings is 9. The van der Waals surface area contributed by atoms with E-state index in [-0.39, 0.29) is 16.2 Å². The van der Waals surface area contributed by atoms with Crippen LogP contribution in [0, 0.1) is 5.41 Å². The largest absolute Gasteiger partial charge is 0.0755 e. The molecule has 9 aromatic rings. The van der Waals surface area contributed by atoms with E-state index in [9.17, 15) is 0 Å². The molecule has 0 aromatic heterocycles. The fourth-order valence-electron chi connectivity index (χ4n) is 11.7. The molecule has 0 saturated heterocycles. The Labute approximate surface area is 359 Å². The van der Waals surface area contributed by atoms with E-state index < -0.39 is 0 Å². The lowest BCUT2D eigenvalue weighted by atomic mass is 9.61. The Balaban J connectivity index is 1.10. The van der Waals surface area contributed by atoms with Crippen LogP contribution in [-0.4, -0.2) is 0 Å². The zero-order chi connectivity index (χ0) is 41.3. The molecule has 0 aliphatic heterocycles. The van der Waals surface area contributed by atoms with Gasteiger partial charge in [-0.05, 0) is 140 Å². The van der Waals surface area contributed by atoms with E-state index in [0.29, 0.717) is 5.92 Å². The second kappa shape index (κ2) is 12.9. The summed E-state index contributed by atoms with van der Waals surface area (Å²) in [6.07, 6.45) is 7.48. The molecule has 2 atom stereocenters. The maximum absolute atomic E-state index is 2.60. The van der Waals surface area contributed by atoms with Gasteiger partial charge in [0.05, 0.1) is 0 Å². The van der Waals surface area contributed by atoms with Crippen LogP contribution in [0.4, 0.5) is 0 Å². The Kier molecular flexibility index (Phi) is 7.62. The fraction of sp³-hybridized carbons (Fsp3) is 0.148. The molecule has 2 unspecified atom stereocenters. The minimum absolute atomic E-state index is 0.0134. The highest BCUT2D eigenvalue weighted by Gasteiger charge is 2.53. The third-order valence-electron chi connectivity index (χ3n) is 15.3. The molecule has 0 fully saturated rings. The van der Waals surface area contributed by atoms with Crippen LogP contribution in [0.5, 0.6) is 0 Å². The summed E-state index contributed by atoms with van der Waals surface area (Å²) < 4.78 is 0. The molecule has 3 aliphatic rings. The minimum atomic E-state index is -0.100.